The first kappa shape index (κ1) is 17.9. The Morgan fingerprint density at radius 3 is 1.67 bits per heavy atom. The first-order valence-electron chi connectivity index (χ1n) is 8.22. The second kappa shape index (κ2) is 6.56. The number of hydrogen-bond acceptors (Lipinski definition) is 5. The first-order valence-corrected chi connectivity index (χ1v) is 8.22. The van der Waals surface area contributed by atoms with Gasteiger partial charge in [-0.15, -0.1) is 4.98 Å². The summed E-state index contributed by atoms with van der Waals surface area (Å²) in [6, 6.07) is 11.8. The average Bonchev–Trinajstić information content (AvgIpc) is 2.81. The van der Waals surface area contributed by atoms with Crippen molar-refractivity contribution in [3.05, 3.63) is 75.3 Å². The van der Waals surface area contributed by atoms with Crippen LogP contribution in [0.25, 0.3) is 47.1 Å². The van der Waals surface area contributed by atoms with Gasteiger partial charge in [0, 0.05) is 10.8 Å². The standard InChI is InChI=1S/C22H4N8/c1-26-17-6-14-13-4-11(8-23)12(9-24)5-15(13)20-21(16(14)7-18(17)27-2)30-22(28-3)19(10-25)29-20/h4-7H. The van der Waals surface area contributed by atoms with Crippen LogP contribution in [0.15, 0.2) is 24.3 Å². The molecule has 0 fully saturated rings. The van der Waals surface area contributed by atoms with E-state index in [-0.39, 0.29) is 45.0 Å². The van der Waals surface area contributed by atoms with Gasteiger partial charge in [0.05, 0.1) is 24.3 Å². The lowest BCUT2D eigenvalue weighted by molar-refractivity contribution is 1.27. The van der Waals surface area contributed by atoms with E-state index >= 15 is 0 Å². The summed E-state index contributed by atoms with van der Waals surface area (Å²) in [7, 11) is 0. The molecule has 0 unspecified atom stereocenters. The minimum absolute atomic E-state index is 0.114. The van der Waals surface area contributed by atoms with Gasteiger partial charge in [-0.3, -0.25) is 9.69 Å². The molecule has 0 radical (unpaired) electrons. The van der Waals surface area contributed by atoms with E-state index in [2.05, 4.69) is 24.5 Å². The van der Waals surface area contributed by atoms with Crippen molar-refractivity contribution in [3.63, 3.8) is 0 Å². The van der Waals surface area contributed by atoms with Gasteiger partial charge in [-0.2, -0.15) is 15.8 Å². The van der Waals surface area contributed by atoms with E-state index in [0.717, 1.165) is 0 Å². The van der Waals surface area contributed by atoms with E-state index in [9.17, 15) is 15.8 Å². The lowest BCUT2D eigenvalue weighted by Crippen LogP contribution is -1.95. The molecular formula is C22H4N8. The molecule has 0 aliphatic rings. The molecule has 4 aromatic rings. The molecule has 4 rings (SSSR count). The van der Waals surface area contributed by atoms with Crippen LogP contribution in [-0.2, 0) is 0 Å². The molecule has 8 heteroatoms. The second-order valence-corrected chi connectivity index (χ2v) is 6.09. The van der Waals surface area contributed by atoms with E-state index in [4.69, 9.17) is 19.7 Å². The van der Waals surface area contributed by atoms with Crippen LogP contribution in [0.5, 0.6) is 0 Å². The van der Waals surface area contributed by atoms with Crippen molar-refractivity contribution in [2.75, 3.05) is 0 Å². The lowest BCUT2D eigenvalue weighted by atomic mass is 9.94. The number of benzene rings is 3. The molecule has 8 nitrogen and oxygen atoms in total. The zero-order valence-electron chi connectivity index (χ0n) is 14.9. The minimum atomic E-state index is -0.182. The fraction of sp³-hybridized carbons (Fsp3) is 0. The molecule has 0 N–H and O–H groups in total. The molecule has 0 aliphatic heterocycles. The zero-order valence-corrected chi connectivity index (χ0v) is 14.9. The monoisotopic (exact) mass is 380 g/mol. The van der Waals surface area contributed by atoms with E-state index in [1.54, 1.807) is 0 Å². The van der Waals surface area contributed by atoms with Gasteiger partial charge in [0.25, 0.3) is 0 Å². The highest BCUT2D eigenvalue weighted by atomic mass is 14.9. The smallest absolute Gasteiger partial charge is 0.307 e. The van der Waals surface area contributed by atoms with Crippen LogP contribution in [0, 0.1) is 53.7 Å². The van der Waals surface area contributed by atoms with Gasteiger partial charge in [-0.25, -0.2) is 4.98 Å². The molecule has 1 aromatic heterocycles. The number of rotatable bonds is 0. The van der Waals surface area contributed by atoms with E-state index < -0.39 is 0 Å². The fourth-order valence-corrected chi connectivity index (χ4v) is 3.33. The largest absolute Gasteiger partial charge is 0.358 e. The molecule has 30 heavy (non-hydrogen) atoms. The normalized spacial score (nSPS) is 9.80. The second-order valence-electron chi connectivity index (χ2n) is 6.09. The molecule has 0 saturated heterocycles. The molecule has 132 valence electrons. The fourth-order valence-electron chi connectivity index (χ4n) is 3.33. The van der Waals surface area contributed by atoms with Gasteiger partial charge < -0.3 is 4.85 Å². The third-order valence-corrected chi connectivity index (χ3v) is 4.64. The Balaban J connectivity index is 2.42. The van der Waals surface area contributed by atoms with Crippen molar-refractivity contribution in [1.29, 1.82) is 15.8 Å². The van der Waals surface area contributed by atoms with Gasteiger partial charge in [0.2, 0.25) is 0 Å². The Morgan fingerprint density at radius 1 is 0.633 bits per heavy atom. The van der Waals surface area contributed by atoms with Crippen molar-refractivity contribution in [2.24, 2.45) is 0 Å². The Hall–Kier alpha value is -5.54. The molecule has 1 heterocycles. The van der Waals surface area contributed by atoms with E-state index in [1.165, 1.54) is 24.3 Å². The van der Waals surface area contributed by atoms with Crippen LogP contribution in [0.1, 0.15) is 16.8 Å². The molecule has 0 amide bonds. The number of nitrogens with zero attached hydrogens (tertiary/aromatic N) is 8. The van der Waals surface area contributed by atoms with Crippen LogP contribution in [-0.4, -0.2) is 9.97 Å². The highest BCUT2D eigenvalue weighted by Crippen LogP contribution is 2.41. The Labute approximate surface area is 169 Å². The SMILES string of the molecule is [C-]#[N+]c1cc2c3cc(C#N)c(C#N)cc3c3nc(C#N)c([N+]#[C-])nc3c2cc1[N+]#[C-]. The van der Waals surface area contributed by atoms with Crippen LogP contribution in [0.3, 0.4) is 0 Å². The summed E-state index contributed by atoms with van der Waals surface area (Å²) in [5, 5.41) is 30.2. The Kier molecular flexibility index (Phi) is 3.91. The van der Waals surface area contributed by atoms with Gasteiger partial charge in [0.1, 0.15) is 23.7 Å². The number of hydrogen-bond donors (Lipinski definition) is 0. The molecule has 3 aromatic carbocycles. The van der Waals surface area contributed by atoms with Crippen molar-refractivity contribution < 1.29 is 0 Å². The van der Waals surface area contributed by atoms with Crippen molar-refractivity contribution in [3.8, 4) is 18.2 Å². The quantitative estimate of drug-likeness (QED) is 0.307. The molecule has 0 aliphatic carbocycles. The zero-order chi connectivity index (χ0) is 21.4. The Morgan fingerprint density at radius 2 is 1.13 bits per heavy atom. The van der Waals surface area contributed by atoms with Gasteiger partial charge in [0.15, 0.2) is 22.6 Å². The molecule has 0 saturated carbocycles. The predicted molar refractivity (Wildman–Crippen MR) is 107 cm³/mol. The number of nitriles is 3. The highest BCUT2D eigenvalue weighted by molar-refractivity contribution is 6.25. The maximum Gasteiger partial charge on any atom is 0.307 e. The van der Waals surface area contributed by atoms with E-state index in [0.29, 0.717) is 21.5 Å². The summed E-state index contributed by atoms with van der Waals surface area (Å²) in [4.78, 5) is 18.7. The van der Waals surface area contributed by atoms with Crippen LogP contribution >= 0.6 is 0 Å². The molecule has 0 bridgehead atoms. The minimum Gasteiger partial charge on any atom is -0.358 e. The number of fused-ring (bicyclic) bond motifs is 6. The summed E-state index contributed by atoms with van der Waals surface area (Å²) < 4.78 is 0. The van der Waals surface area contributed by atoms with Gasteiger partial charge in [-0.05, 0) is 22.9 Å². The highest BCUT2D eigenvalue weighted by Gasteiger charge is 2.20. The molecule has 0 atom stereocenters. The predicted octanol–water partition coefficient (Wildman–Crippen LogP) is 5.20. The maximum absolute atomic E-state index is 9.43. The van der Waals surface area contributed by atoms with Crippen LogP contribution in [0.2, 0.25) is 0 Å². The summed E-state index contributed by atoms with van der Waals surface area (Å²) in [6.45, 7) is 22.0. The summed E-state index contributed by atoms with van der Waals surface area (Å²) >= 11 is 0. The molecule has 0 spiro atoms. The topological polar surface area (TPSA) is 110 Å². The van der Waals surface area contributed by atoms with Crippen molar-refractivity contribution in [2.45, 2.75) is 0 Å². The van der Waals surface area contributed by atoms with Crippen LogP contribution < -0.4 is 0 Å². The van der Waals surface area contributed by atoms with Gasteiger partial charge >= 0.3 is 5.82 Å². The number of aromatic nitrogens is 2. The lowest BCUT2D eigenvalue weighted by Gasteiger charge is -2.10. The third kappa shape index (κ3) is 2.34. The average molecular weight is 380 g/mol. The van der Waals surface area contributed by atoms with Gasteiger partial charge in [-0.1, -0.05) is 18.7 Å². The molecular weight excluding hydrogens is 376 g/mol. The van der Waals surface area contributed by atoms with Crippen molar-refractivity contribution >= 4 is 49.8 Å². The first-order chi connectivity index (χ1) is 14.6. The van der Waals surface area contributed by atoms with Crippen LogP contribution in [0.4, 0.5) is 17.2 Å². The van der Waals surface area contributed by atoms with Crippen molar-refractivity contribution in [1.82, 2.24) is 9.97 Å². The van der Waals surface area contributed by atoms with E-state index in [1.807, 2.05) is 18.2 Å². The summed E-state index contributed by atoms with van der Waals surface area (Å²) in [6.07, 6.45) is 0. The Bertz CT molecular complexity index is 1340. The maximum atomic E-state index is 9.43. The third-order valence-electron chi connectivity index (χ3n) is 4.64. The summed E-state index contributed by atoms with van der Waals surface area (Å²) in [5.74, 6) is -0.182. The summed E-state index contributed by atoms with van der Waals surface area (Å²) in [5.41, 5.74) is 0.908.